The lowest BCUT2D eigenvalue weighted by atomic mass is 10.1. The van der Waals surface area contributed by atoms with Crippen LogP contribution in [-0.4, -0.2) is 14.2 Å². The second kappa shape index (κ2) is 6.20. The van der Waals surface area contributed by atoms with Crippen molar-refractivity contribution in [2.75, 3.05) is 14.2 Å². The van der Waals surface area contributed by atoms with Crippen LogP contribution in [-0.2, 0) is 0 Å². The molecule has 0 bridgehead atoms. The molecule has 0 saturated heterocycles. The fourth-order valence-electron chi connectivity index (χ4n) is 1.70. The number of benzene rings is 1. The van der Waals surface area contributed by atoms with E-state index in [9.17, 15) is 0 Å². The molecule has 0 N–H and O–H groups in total. The van der Waals surface area contributed by atoms with Gasteiger partial charge in [0, 0.05) is 5.56 Å². The molecule has 0 fully saturated rings. The van der Waals surface area contributed by atoms with Gasteiger partial charge < -0.3 is 13.9 Å². The molecule has 0 saturated carbocycles. The van der Waals surface area contributed by atoms with E-state index in [1.807, 2.05) is 18.2 Å². The van der Waals surface area contributed by atoms with Crippen molar-refractivity contribution in [3.05, 3.63) is 44.7 Å². The van der Waals surface area contributed by atoms with Gasteiger partial charge in [0.1, 0.15) is 22.6 Å². The van der Waals surface area contributed by atoms with Crippen LogP contribution in [0.4, 0.5) is 0 Å². The summed E-state index contributed by atoms with van der Waals surface area (Å²) in [6.45, 7) is 0. The third-order valence-corrected chi connectivity index (χ3v) is 4.12. The van der Waals surface area contributed by atoms with Crippen LogP contribution in [0, 0.1) is 0 Å². The zero-order valence-corrected chi connectivity index (χ0v) is 14.2. The Bertz CT molecular complexity index is 583. The van der Waals surface area contributed by atoms with Gasteiger partial charge in [0.2, 0.25) is 0 Å². The smallest absolute Gasteiger partial charge is 0.169 e. The Balaban J connectivity index is 2.48. The average Bonchev–Trinajstić information content (AvgIpc) is 2.84. The maximum absolute atomic E-state index is 6.44. The van der Waals surface area contributed by atoms with Crippen LogP contribution >= 0.6 is 43.5 Å². The van der Waals surface area contributed by atoms with E-state index < -0.39 is 5.38 Å². The number of halogens is 3. The first-order valence-electron chi connectivity index (χ1n) is 5.37. The molecule has 1 aromatic carbocycles. The highest BCUT2D eigenvalue weighted by atomic mass is 79.9. The highest BCUT2D eigenvalue weighted by Gasteiger charge is 2.21. The van der Waals surface area contributed by atoms with Gasteiger partial charge in [-0.25, -0.2) is 0 Å². The molecular weight excluding hydrogens is 399 g/mol. The van der Waals surface area contributed by atoms with E-state index in [1.54, 1.807) is 20.3 Å². The minimum atomic E-state index is -0.455. The maximum atomic E-state index is 6.44. The Morgan fingerprint density at radius 2 is 1.79 bits per heavy atom. The number of alkyl halides is 1. The van der Waals surface area contributed by atoms with Crippen LogP contribution in [0.25, 0.3) is 0 Å². The largest absolute Gasteiger partial charge is 0.496 e. The van der Waals surface area contributed by atoms with Gasteiger partial charge in [0.15, 0.2) is 4.67 Å². The van der Waals surface area contributed by atoms with Crippen molar-refractivity contribution < 1.29 is 13.9 Å². The molecule has 1 unspecified atom stereocenters. The van der Waals surface area contributed by atoms with Gasteiger partial charge in [-0.3, -0.25) is 0 Å². The van der Waals surface area contributed by atoms with Gasteiger partial charge in [-0.1, -0.05) is 0 Å². The maximum Gasteiger partial charge on any atom is 0.169 e. The summed E-state index contributed by atoms with van der Waals surface area (Å²) in [4.78, 5) is 0. The molecule has 0 aliphatic carbocycles. The Morgan fingerprint density at radius 3 is 2.32 bits per heavy atom. The average molecular weight is 410 g/mol. The Kier molecular flexibility index (Phi) is 4.81. The number of hydrogen-bond acceptors (Lipinski definition) is 3. The summed E-state index contributed by atoms with van der Waals surface area (Å²) < 4.78 is 17.5. The summed E-state index contributed by atoms with van der Waals surface area (Å²) in [6.07, 6.45) is 0. The van der Waals surface area contributed by atoms with E-state index in [0.717, 1.165) is 10.0 Å². The summed E-state index contributed by atoms with van der Waals surface area (Å²) in [5, 5.41) is -0.455. The minimum absolute atomic E-state index is 0.455. The molecule has 3 nitrogen and oxygen atoms in total. The first-order valence-corrected chi connectivity index (χ1v) is 7.39. The monoisotopic (exact) mass is 408 g/mol. The highest BCUT2D eigenvalue weighted by molar-refractivity contribution is 9.10. The van der Waals surface area contributed by atoms with Crippen LogP contribution in [0.1, 0.15) is 16.7 Å². The van der Waals surface area contributed by atoms with Crippen LogP contribution in [0.2, 0.25) is 0 Å². The van der Waals surface area contributed by atoms with Crippen LogP contribution < -0.4 is 9.47 Å². The minimum Gasteiger partial charge on any atom is -0.496 e. The molecule has 0 radical (unpaired) electrons. The normalized spacial score (nSPS) is 12.3. The molecule has 19 heavy (non-hydrogen) atoms. The van der Waals surface area contributed by atoms with Gasteiger partial charge in [-0.2, -0.15) is 0 Å². The molecule has 0 amide bonds. The molecule has 1 atom stereocenters. The lowest BCUT2D eigenvalue weighted by molar-refractivity contribution is 0.395. The molecule has 1 aromatic heterocycles. The second-order valence-corrected chi connectivity index (χ2v) is 5.81. The standard InChI is InChI=1S/C13H11Br2ClO3/c1-17-10-6-8(14)11(18-2)5-7(10)13(16)9-3-4-12(15)19-9/h3-6,13H,1-2H3. The number of hydrogen-bond donors (Lipinski definition) is 0. The van der Waals surface area contributed by atoms with Gasteiger partial charge in [0.05, 0.1) is 18.7 Å². The lowest BCUT2D eigenvalue weighted by Crippen LogP contribution is -1.98. The highest BCUT2D eigenvalue weighted by Crippen LogP contribution is 2.41. The van der Waals surface area contributed by atoms with Crippen molar-refractivity contribution in [2.45, 2.75) is 5.38 Å². The lowest BCUT2D eigenvalue weighted by Gasteiger charge is -2.15. The van der Waals surface area contributed by atoms with E-state index in [0.29, 0.717) is 21.9 Å². The molecule has 0 aliphatic rings. The summed E-state index contributed by atoms with van der Waals surface area (Å²) in [6, 6.07) is 7.27. The third-order valence-electron chi connectivity index (χ3n) is 2.62. The quantitative estimate of drug-likeness (QED) is 0.654. The van der Waals surface area contributed by atoms with Gasteiger partial charge in [0.25, 0.3) is 0 Å². The fourth-order valence-corrected chi connectivity index (χ4v) is 2.79. The summed E-state index contributed by atoms with van der Waals surface area (Å²) in [5.74, 6) is 1.99. The van der Waals surface area contributed by atoms with Crippen LogP contribution in [0.15, 0.2) is 37.8 Å². The van der Waals surface area contributed by atoms with Crippen molar-refractivity contribution in [2.24, 2.45) is 0 Å². The first-order chi connectivity index (χ1) is 9.06. The summed E-state index contributed by atoms with van der Waals surface area (Å²) in [7, 11) is 3.20. The fraction of sp³-hybridized carbons (Fsp3) is 0.231. The topological polar surface area (TPSA) is 31.6 Å². The van der Waals surface area contributed by atoms with Crippen molar-refractivity contribution in [3.63, 3.8) is 0 Å². The zero-order chi connectivity index (χ0) is 14.0. The molecule has 1 heterocycles. The Morgan fingerprint density at radius 1 is 1.11 bits per heavy atom. The van der Waals surface area contributed by atoms with Crippen LogP contribution in [0.5, 0.6) is 11.5 Å². The van der Waals surface area contributed by atoms with Crippen LogP contribution in [0.3, 0.4) is 0 Å². The number of furan rings is 1. The van der Waals surface area contributed by atoms with Gasteiger partial charge in [-0.05, 0) is 56.1 Å². The molecule has 6 heteroatoms. The van der Waals surface area contributed by atoms with E-state index in [-0.39, 0.29) is 0 Å². The molecule has 0 aliphatic heterocycles. The number of rotatable bonds is 4. The van der Waals surface area contributed by atoms with Gasteiger partial charge >= 0.3 is 0 Å². The van der Waals surface area contributed by atoms with Crippen molar-refractivity contribution >= 4 is 43.5 Å². The molecule has 102 valence electrons. The van der Waals surface area contributed by atoms with Crippen molar-refractivity contribution in [1.29, 1.82) is 0 Å². The van der Waals surface area contributed by atoms with Gasteiger partial charge in [-0.15, -0.1) is 11.6 Å². The zero-order valence-electron chi connectivity index (χ0n) is 10.2. The molecule has 0 spiro atoms. The van der Waals surface area contributed by atoms with E-state index in [4.69, 9.17) is 25.5 Å². The molecule has 2 rings (SSSR count). The number of ether oxygens (including phenoxy) is 2. The molecular formula is C13H11Br2ClO3. The Hall–Kier alpha value is -0.650. The number of methoxy groups -OCH3 is 2. The molecule has 2 aromatic rings. The first kappa shape index (κ1) is 14.8. The Labute approximate surface area is 133 Å². The van der Waals surface area contributed by atoms with E-state index >= 15 is 0 Å². The SMILES string of the molecule is COc1cc(C(Cl)c2ccc(Br)o2)c(OC)cc1Br. The van der Waals surface area contributed by atoms with Crippen molar-refractivity contribution in [3.8, 4) is 11.5 Å². The summed E-state index contributed by atoms with van der Waals surface area (Å²) in [5.41, 5.74) is 0.783. The van der Waals surface area contributed by atoms with E-state index in [1.165, 1.54) is 0 Å². The predicted octanol–water partition coefficient (Wildman–Crippen LogP) is 5.15. The van der Waals surface area contributed by atoms with E-state index in [2.05, 4.69) is 31.9 Å². The van der Waals surface area contributed by atoms with Crippen molar-refractivity contribution in [1.82, 2.24) is 0 Å². The third kappa shape index (κ3) is 3.09. The summed E-state index contributed by atoms with van der Waals surface area (Å²) >= 11 is 13.1. The second-order valence-electron chi connectivity index (χ2n) is 3.73. The predicted molar refractivity (Wildman–Crippen MR) is 81.4 cm³/mol.